The Hall–Kier alpha value is -2.24. The van der Waals surface area contributed by atoms with Gasteiger partial charge in [0.15, 0.2) is 0 Å². The lowest BCUT2D eigenvalue weighted by atomic mass is 9.98. The van der Waals surface area contributed by atoms with Crippen LogP contribution in [0.1, 0.15) is 51.2 Å². The summed E-state index contributed by atoms with van der Waals surface area (Å²) >= 11 is 0. The number of nitrogens with zero attached hydrogens (tertiary/aromatic N) is 2. The molecule has 114 valence electrons. The summed E-state index contributed by atoms with van der Waals surface area (Å²) in [4.78, 5) is 21.3. The molecular weight excluding hydrogens is 272 g/mol. The molecule has 0 amide bonds. The van der Waals surface area contributed by atoms with Crippen molar-refractivity contribution < 1.29 is 9.85 Å². The quantitative estimate of drug-likeness (QED) is 0.575. The van der Waals surface area contributed by atoms with Crippen LogP contribution in [0.15, 0.2) is 23.9 Å². The van der Waals surface area contributed by atoms with Gasteiger partial charge in [-0.05, 0) is 17.4 Å². The highest BCUT2D eigenvalue weighted by Crippen LogP contribution is 2.28. The van der Waals surface area contributed by atoms with Crippen molar-refractivity contribution in [3.05, 3.63) is 55.3 Å². The Labute approximate surface area is 123 Å². The van der Waals surface area contributed by atoms with Crippen molar-refractivity contribution in [1.82, 2.24) is 0 Å². The van der Waals surface area contributed by atoms with Gasteiger partial charge in [0.1, 0.15) is 0 Å². The monoisotopic (exact) mass is 292 g/mol. The number of benzene rings is 1. The van der Waals surface area contributed by atoms with Gasteiger partial charge in [0, 0.05) is 24.1 Å². The Kier molecular flexibility index (Phi) is 5.58. The van der Waals surface area contributed by atoms with Gasteiger partial charge < -0.3 is 0 Å². The van der Waals surface area contributed by atoms with E-state index >= 15 is 0 Å². The first kappa shape index (κ1) is 16.8. The molecule has 0 heterocycles. The fourth-order valence-corrected chi connectivity index (χ4v) is 2.09. The smallest absolute Gasteiger partial charge is 0.259 e. The molecule has 1 aromatic carbocycles. The van der Waals surface area contributed by atoms with Crippen molar-refractivity contribution >= 4 is 11.8 Å². The first-order chi connectivity index (χ1) is 9.72. The maximum atomic E-state index is 11.1. The summed E-state index contributed by atoms with van der Waals surface area (Å²) in [6, 6.07) is 4.76. The molecule has 0 unspecified atom stereocenters. The molecule has 1 aromatic rings. The molecule has 6 nitrogen and oxygen atoms in total. The van der Waals surface area contributed by atoms with Crippen LogP contribution in [0.5, 0.6) is 0 Å². The minimum Gasteiger partial charge on any atom is -0.259 e. The van der Waals surface area contributed by atoms with Crippen molar-refractivity contribution in [1.29, 1.82) is 0 Å². The number of hydrogen-bond acceptors (Lipinski definition) is 4. The first-order valence-corrected chi connectivity index (χ1v) is 6.85. The molecule has 0 N–H and O–H groups in total. The third kappa shape index (κ3) is 4.66. The van der Waals surface area contributed by atoms with Gasteiger partial charge in [-0.25, -0.2) is 0 Å². The lowest BCUT2D eigenvalue weighted by Gasteiger charge is -2.07. The topological polar surface area (TPSA) is 86.3 Å². The third-order valence-electron chi connectivity index (χ3n) is 3.06. The molecule has 0 saturated carbocycles. The summed E-state index contributed by atoms with van der Waals surface area (Å²) in [5.41, 5.74) is 1.18. The minimum absolute atomic E-state index is 0.00555. The van der Waals surface area contributed by atoms with Crippen molar-refractivity contribution in [3.63, 3.8) is 0 Å². The lowest BCUT2D eigenvalue weighted by molar-refractivity contribution is -0.427. The van der Waals surface area contributed by atoms with E-state index in [9.17, 15) is 20.2 Å². The second-order valence-corrected chi connectivity index (χ2v) is 5.72. The van der Waals surface area contributed by atoms with Gasteiger partial charge in [-0.2, -0.15) is 0 Å². The molecule has 0 aliphatic rings. The molecule has 0 radical (unpaired) electrons. The molecule has 0 aromatic heterocycles. The van der Waals surface area contributed by atoms with Crippen LogP contribution in [-0.4, -0.2) is 9.85 Å². The largest absolute Gasteiger partial charge is 0.273 e. The zero-order chi connectivity index (χ0) is 16.2. The third-order valence-corrected chi connectivity index (χ3v) is 3.06. The van der Waals surface area contributed by atoms with E-state index in [2.05, 4.69) is 0 Å². The van der Waals surface area contributed by atoms with Crippen LogP contribution in [0.3, 0.4) is 0 Å². The van der Waals surface area contributed by atoms with E-state index in [4.69, 9.17) is 0 Å². The number of rotatable bonds is 6. The van der Waals surface area contributed by atoms with E-state index in [1.54, 1.807) is 12.1 Å². The highest BCUT2D eigenvalue weighted by atomic mass is 16.6. The molecule has 0 spiro atoms. The predicted octanol–water partition coefficient (Wildman–Crippen LogP) is 4.38. The molecule has 0 atom stereocenters. The maximum Gasteiger partial charge on any atom is 0.273 e. The number of hydrogen-bond donors (Lipinski definition) is 0. The molecule has 6 heteroatoms. The standard InChI is InChI=1S/C15H20N2O4/c1-10(2)7-13(16(18)19)8-12-5-6-14(11(3)4)15(9-12)17(20)21/h5-6,8-11H,7H2,1-4H3. The zero-order valence-corrected chi connectivity index (χ0v) is 12.7. The van der Waals surface area contributed by atoms with Crippen molar-refractivity contribution in [2.45, 2.75) is 40.0 Å². The predicted molar refractivity (Wildman–Crippen MR) is 81.6 cm³/mol. The van der Waals surface area contributed by atoms with Crippen LogP contribution in [0, 0.1) is 26.1 Å². The Morgan fingerprint density at radius 1 is 1.19 bits per heavy atom. The van der Waals surface area contributed by atoms with Crippen LogP contribution in [0.4, 0.5) is 5.69 Å². The molecule has 0 bridgehead atoms. The fourth-order valence-electron chi connectivity index (χ4n) is 2.09. The lowest BCUT2D eigenvalue weighted by Crippen LogP contribution is -2.03. The molecule has 0 saturated heterocycles. The van der Waals surface area contributed by atoms with E-state index in [-0.39, 0.29) is 23.2 Å². The van der Waals surface area contributed by atoms with E-state index in [1.807, 2.05) is 27.7 Å². The second-order valence-electron chi connectivity index (χ2n) is 5.72. The average Bonchev–Trinajstić information content (AvgIpc) is 2.36. The van der Waals surface area contributed by atoms with Gasteiger partial charge in [0.25, 0.3) is 5.69 Å². The molecule has 21 heavy (non-hydrogen) atoms. The number of nitro groups is 2. The zero-order valence-electron chi connectivity index (χ0n) is 12.7. The van der Waals surface area contributed by atoms with Crippen LogP contribution >= 0.6 is 0 Å². The second kappa shape index (κ2) is 6.97. The fraction of sp³-hybridized carbons (Fsp3) is 0.467. The average molecular weight is 292 g/mol. The maximum absolute atomic E-state index is 11.1. The summed E-state index contributed by atoms with van der Waals surface area (Å²) in [6.45, 7) is 7.53. The van der Waals surface area contributed by atoms with E-state index in [1.165, 1.54) is 12.1 Å². The Morgan fingerprint density at radius 3 is 2.24 bits per heavy atom. The van der Waals surface area contributed by atoms with Crippen molar-refractivity contribution in [2.24, 2.45) is 5.92 Å². The molecule has 0 aliphatic carbocycles. The molecule has 0 aliphatic heterocycles. The van der Waals surface area contributed by atoms with Gasteiger partial charge in [-0.1, -0.05) is 39.8 Å². The van der Waals surface area contributed by atoms with Gasteiger partial charge in [0.05, 0.1) is 9.85 Å². The van der Waals surface area contributed by atoms with Gasteiger partial charge in [-0.3, -0.25) is 20.2 Å². The Bertz CT molecular complexity index is 577. The SMILES string of the molecule is CC(C)CC(=Cc1ccc(C(C)C)c([N+](=O)[O-])c1)[N+](=O)[O-]. The van der Waals surface area contributed by atoms with Crippen LogP contribution in [-0.2, 0) is 0 Å². The molecule has 0 fully saturated rings. The van der Waals surface area contributed by atoms with E-state index < -0.39 is 9.85 Å². The van der Waals surface area contributed by atoms with E-state index in [0.717, 1.165) is 0 Å². The van der Waals surface area contributed by atoms with Gasteiger partial charge >= 0.3 is 0 Å². The summed E-state index contributed by atoms with van der Waals surface area (Å²) in [7, 11) is 0. The summed E-state index contributed by atoms with van der Waals surface area (Å²) < 4.78 is 0. The van der Waals surface area contributed by atoms with Crippen molar-refractivity contribution in [2.75, 3.05) is 0 Å². The Balaban J connectivity index is 3.27. The van der Waals surface area contributed by atoms with Gasteiger partial charge in [0.2, 0.25) is 5.70 Å². The van der Waals surface area contributed by atoms with Gasteiger partial charge in [-0.15, -0.1) is 0 Å². The summed E-state index contributed by atoms with van der Waals surface area (Å²) in [5, 5.41) is 22.2. The Morgan fingerprint density at radius 2 is 1.81 bits per heavy atom. The molecular formula is C15H20N2O4. The van der Waals surface area contributed by atoms with Crippen molar-refractivity contribution in [3.8, 4) is 0 Å². The van der Waals surface area contributed by atoms with Crippen LogP contribution in [0.2, 0.25) is 0 Å². The number of allylic oxidation sites excluding steroid dienone is 1. The van der Waals surface area contributed by atoms with E-state index in [0.29, 0.717) is 17.5 Å². The highest BCUT2D eigenvalue weighted by molar-refractivity contribution is 5.58. The van der Waals surface area contributed by atoms with Crippen LogP contribution in [0.25, 0.3) is 6.08 Å². The molecule has 1 rings (SSSR count). The highest BCUT2D eigenvalue weighted by Gasteiger charge is 2.18. The minimum atomic E-state index is -0.443. The summed E-state index contributed by atoms with van der Waals surface area (Å²) in [5.74, 6) is 0.167. The normalized spacial score (nSPS) is 12.0. The first-order valence-electron chi connectivity index (χ1n) is 6.85. The summed E-state index contributed by atoms with van der Waals surface area (Å²) in [6.07, 6.45) is 1.74. The van der Waals surface area contributed by atoms with Crippen LogP contribution < -0.4 is 0 Å². The number of nitro benzene ring substituents is 1.